The number of rotatable bonds is 8. The molecule has 0 radical (unpaired) electrons. The third-order valence-electron chi connectivity index (χ3n) is 6.07. The molecule has 2 aliphatic rings. The summed E-state index contributed by atoms with van der Waals surface area (Å²) in [5.41, 5.74) is 1.34. The molecule has 2 aliphatic heterocycles. The summed E-state index contributed by atoms with van der Waals surface area (Å²) >= 11 is 0. The Bertz CT molecular complexity index is 560. The van der Waals surface area contributed by atoms with E-state index in [0.717, 1.165) is 38.4 Å². The van der Waals surface area contributed by atoms with Gasteiger partial charge in [0.15, 0.2) is 5.96 Å². The van der Waals surface area contributed by atoms with E-state index in [2.05, 4.69) is 55.8 Å². The van der Waals surface area contributed by atoms with Crippen molar-refractivity contribution in [3.8, 4) is 0 Å². The summed E-state index contributed by atoms with van der Waals surface area (Å²) in [4.78, 5) is 9.54. The van der Waals surface area contributed by atoms with Crippen LogP contribution in [0.25, 0.3) is 0 Å². The third-order valence-corrected chi connectivity index (χ3v) is 6.07. The standard InChI is InChI=1S/C23H39N5/c1-24-23(25-15-7-3-8-16-27-17-9-4-10-18-27)26-21-13-19-28(20-14-21)22-11-5-2-6-12-22/h2,5-6,11-12,21H,3-4,7-10,13-20H2,1H3,(H2,24,25,26). The number of hydrogen-bond donors (Lipinski definition) is 2. The maximum Gasteiger partial charge on any atom is 0.191 e. The van der Waals surface area contributed by atoms with Gasteiger partial charge in [-0.1, -0.05) is 31.0 Å². The Morgan fingerprint density at radius 3 is 2.43 bits per heavy atom. The van der Waals surface area contributed by atoms with Gasteiger partial charge in [0.1, 0.15) is 0 Å². The van der Waals surface area contributed by atoms with Crippen molar-refractivity contribution in [2.75, 3.05) is 51.2 Å². The van der Waals surface area contributed by atoms with Gasteiger partial charge in [-0.2, -0.15) is 0 Å². The molecule has 5 heteroatoms. The van der Waals surface area contributed by atoms with Gasteiger partial charge in [-0.25, -0.2) is 0 Å². The highest BCUT2D eigenvalue weighted by Crippen LogP contribution is 2.19. The monoisotopic (exact) mass is 385 g/mol. The molecule has 0 spiro atoms. The van der Waals surface area contributed by atoms with Crippen molar-refractivity contribution in [2.24, 2.45) is 4.99 Å². The Hall–Kier alpha value is -1.75. The molecule has 0 amide bonds. The Balaban J connectivity index is 1.25. The fourth-order valence-corrected chi connectivity index (χ4v) is 4.34. The predicted molar refractivity (Wildman–Crippen MR) is 120 cm³/mol. The summed E-state index contributed by atoms with van der Waals surface area (Å²) < 4.78 is 0. The quantitative estimate of drug-likeness (QED) is 0.408. The molecule has 0 bridgehead atoms. The van der Waals surface area contributed by atoms with E-state index in [0.29, 0.717) is 6.04 Å². The van der Waals surface area contributed by atoms with Crippen molar-refractivity contribution in [1.82, 2.24) is 15.5 Å². The first kappa shape index (κ1) is 21.0. The highest BCUT2D eigenvalue weighted by molar-refractivity contribution is 5.79. The first-order chi connectivity index (χ1) is 13.8. The van der Waals surface area contributed by atoms with Crippen LogP contribution in [0.4, 0.5) is 5.69 Å². The SMILES string of the molecule is CN=C(NCCCCCN1CCCCC1)NC1CCN(c2ccccc2)CC1. The summed E-state index contributed by atoms with van der Waals surface area (Å²) in [6.07, 6.45) is 10.4. The summed E-state index contributed by atoms with van der Waals surface area (Å²) in [6, 6.07) is 11.3. The molecule has 2 saturated heterocycles. The molecular weight excluding hydrogens is 346 g/mol. The van der Waals surface area contributed by atoms with E-state index >= 15 is 0 Å². The zero-order valence-electron chi connectivity index (χ0n) is 17.7. The van der Waals surface area contributed by atoms with Crippen molar-refractivity contribution in [2.45, 2.75) is 57.4 Å². The van der Waals surface area contributed by atoms with Crippen LogP contribution in [-0.4, -0.2) is 63.2 Å². The molecule has 28 heavy (non-hydrogen) atoms. The van der Waals surface area contributed by atoms with Crippen LogP contribution in [0.5, 0.6) is 0 Å². The summed E-state index contributed by atoms with van der Waals surface area (Å²) in [6.45, 7) is 7.15. The van der Waals surface area contributed by atoms with Crippen LogP contribution in [0.1, 0.15) is 51.4 Å². The van der Waals surface area contributed by atoms with E-state index in [1.165, 1.54) is 63.8 Å². The van der Waals surface area contributed by atoms with Crippen LogP contribution in [0, 0.1) is 0 Å². The average Bonchev–Trinajstić information content (AvgIpc) is 2.77. The highest BCUT2D eigenvalue weighted by Gasteiger charge is 2.20. The van der Waals surface area contributed by atoms with Crippen LogP contribution in [0.2, 0.25) is 0 Å². The number of unbranched alkanes of at least 4 members (excludes halogenated alkanes) is 2. The number of hydrogen-bond acceptors (Lipinski definition) is 3. The third kappa shape index (κ3) is 7.01. The molecule has 0 aromatic heterocycles. The van der Waals surface area contributed by atoms with Gasteiger partial charge in [-0.3, -0.25) is 4.99 Å². The number of anilines is 1. The Kier molecular flexibility index (Phi) is 8.95. The van der Waals surface area contributed by atoms with Crippen molar-refractivity contribution in [3.05, 3.63) is 30.3 Å². The molecule has 2 N–H and O–H groups in total. The number of guanidine groups is 1. The topological polar surface area (TPSA) is 42.9 Å². The predicted octanol–water partition coefficient (Wildman–Crippen LogP) is 3.48. The fourth-order valence-electron chi connectivity index (χ4n) is 4.34. The molecule has 0 saturated carbocycles. The average molecular weight is 386 g/mol. The van der Waals surface area contributed by atoms with E-state index in [9.17, 15) is 0 Å². The maximum atomic E-state index is 4.42. The number of likely N-dealkylation sites (tertiary alicyclic amines) is 1. The zero-order valence-corrected chi connectivity index (χ0v) is 17.7. The Morgan fingerprint density at radius 2 is 1.71 bits per heavy atom. The molecule has 0 atom stereocenters. The van der Waals surface area contributed by atoms with Gasteiger partial charge < -0.3 is 20.4 Å². The van der Waals surface area contributed by atoms with E-state index < -0.39 is 0 Å². The van der Waals surface area contributed by atoms with Crippen LogP contribution in [-0.2, 0) is 0 Å². The number of para-hydroxylation sites is 1. The van der Waals surface area contributed by atoms with Gasteiger partial charge in [0, 0.05) is 38.4 Å². The number of nitrogens with zero attached hydrogens (tertiary/aromatic N) is 3. The Labute approximate surface area is 171 Å². The number of aliphatic imine (C=N–C) groups is 1. The largest absolute Gasteiger partial charge is 0.371 e. The van der Waals surface area contributed by atoms with E-state index in [1.54, 1.807) is 0 Å². The van der Waals surface area contributed by atoms with E-state index in [-0.39, 0.29) is 0 Å². The van der Waals surface area contributed by atoms with Crippen LogP contribution >= 0.6 is 0 Å². The maximum absolute atomic E-state index is 4.42. The molecular formula is C23H39N5. The molecule has 2 heterocycles. The second kappa shape index (κ2) is 11.9. The number of nitrogens with one attached hydrogen (secondary N) is 2. The molecule has 0 unspecified atom stereocenters. The zero-order chi connectivity index (χ0) is 19.4. The molecule has 2 fully saturated rings. The smallest absolute Gasteiger partial charge is 0.191 e. The second-order valence-electron chi connectivity index (χ2n) is 8.20. The molecule has 0 aliphatic carbocycles. The van der Waals surface area contributed by atoms with Crippen LogP contribution < -0.4 is 15.5 Å². The number of benzene rings is 1. The summed E-state index contributed by atoms with van der Waals surface area (Å²) in [5, 5.41) is 7.13. The number of piperidine rings is 2. The van der Waals surface area contributed by atoms with Gasteiger partial charge in [-0.05, 0) is 70.3 Å². The van der Waals surface area contributed by atoms with E-state index in [1.807, 2.05) is 7.05 Å². The van der Waals surface area contributed by atoms with Crippen LogP contribution in [0.15, 0.2) is 35.3 Å². The van der Waals surface area contributed by atoms with Gasteiger partial charge >= 0.3 is 0 Å². The first-order valence-corrected chi connectivity index (χ1v) is 11.3. The van der Waals surface area contributed by atoms with Crippen LogP contribution in [0.3, 0.4) is 0 Å². The van der Waals surface area contributed by atoms with Gasteiger partial charge in [0.05, 0.1) is 0 Å². The molecule has 5 nitrogen and oxygen atoms in total. The molecule has 1 aromatic carbocycles. The van der Waals surface area contributed by atoms with Crippen molar-refractivity contribution in [3.63, 3.8) is 0 Å². The minimum Gasteiger partial charge on any atom is -0.371 e. The van der Waals surface area contributed by atoms with Crippen molar-refractivity contribution in [1.29, 1.82) is 0 Å². The van der Waals surface area contributed by atoms with Crippen molar-refractivity contribution < 1.29 is 0 Å². The highest BCUT2D eigenvalue weighted by atomic mass is 15.2. The molecule has 3 rings (SSSR count). The van der Waals surface area contributed by atoms with Crippen molar-refractivity contribution >= 4 is 11.6 Å². The van der Waals surface area contributed by atoms with Gasteiger partial charge in [0.2, 0.25) is 0 Å². The molecule has 156 valence electrons. The summed E-state index contributed by atoms with van der Waals surface area (Å²) in [5.74, 6) is 0.967. The lowest BCUT2D eigenvalue weighted by Crippen LogP contribution is -2.48. The van der Waals surface area contributed by atoms with Gasteiger partial charge in [-0.15, -0.1) is 0 Å². The lowest BCUT2D eigenvalue weighted by Gasteiger charge is -2.34. The minimum absolute atomic E-state index is 0.519. The normalized spacial score (nSPS) is 19.6. The fraction of sp³-hybridized carbons (Fsp3) is 0.696. The lowest BCUT2D eigenvalue weighted by molar-refractivity contribution is 0.224. The molecule has 1 aromatic rings. The lowest BCUT2D eigenvalue weighted by atomic mass is 10.0. The minimum atomic E-state index is 0.519. The van der Waals surface area contributed by atoms with E-state index in [4.69, 9.17) is 0 Å². The Morgan fingerprint density at radius 1 is 0.964 bits per heavy atom. The van der Waals surface area contributed by atoms with Gasteiger partial charge in [0.25, 0.3) is 0 Å². The second-order valence-corrected chi connectivity index (χ2v) is 8.20. The first-order valence-electron chi connectivity index (χ1n) is 11.3. The summed E-state index contributed by atoms with van der Waals surface area (Å²) in [7, 11) is 1.88.